The third kappa shape index (κ3) is 4.01. The lowest BCUT2D eigenvalue weighted by Gasteiger charge is -2.07. The highest BCUT2D eigenvalue weighted by Crippen LogP contribution is 2.23. The second-order valence-electron chi connectivity index (χ2n) is 7.65. The van der Waals surface area contributed by atoms with Crippen LogP contribution in [-0.2, 0) is 0 Å². The van der Waals surface area contributed by atoms with Crippen LogP contribution in [0.2, 0.25) is 0 Å². The number of amides is 1. The third-order valence-electron chi connectivity index (χ3n) is 5.01. The molecule has 4 aromatic rings. The summed E-state index contributed by atoms with van der Waals surface area (Å²) in [5.41, 5.74) is 6.88. The van der Waals surface area contributed by atoms with Crippen molar-refractivity contribution in [1.82, 2.24) is 14.8 Å². The first-order valence-corrected chi connectivity index (χ1v) is 9.90. The molecule has 150 valence electrons. The molecule has 1 amide bonds. The van der Waals surface area contributed by atoms with E-state index in [0.29, 0.717) is 5.82 Å². The molecular weight excluding hydrogens is 372 g/mol. The minimum Gasteiger partial charge on any atom is -0.319 e. The predicted molar refractivity (Wildman–Crippen MR) is 120 cm³/mol. The summed E-state index contributed by atoms with van der Waals surface area (Å²) in [5.74, 6) is 0.433. The molecule has 0 atom stereocenters. The van der Waals surface area contributed by atoms with Gasteiger partial charge in [-0.1, -0.05) is 54.1 Å². The Kier molecular flexibility index (Phi) is 5.19. The van der Waals surface area contributed by atoms with E-state index in [1.807, 2.05) is 94.4 Å². The first kappa shape index (κ1) is 19.6. The first-order valence-electron chi connectivity index (χ1n) is 9.90. The fourth-order valence-corrected chi connectivity index (χ4v) is 3.29. The molecule has 0 radical (unpaired) electrons. The minimum absolute atomic E-state index is 0.132. The normalized spacial score (nSPS) is 10.8. The van der Waals surface area contributed by atoms with Crippen LogP contribution in [-0.4, -0.2) is 20.7 Å². The Labute approximate surface area is 176 Å². The Hall–Kier alpha value is -3.73. The quantitative estimate of drug-likeness (QED) is 0.501. The molecule has 0 saturated carbocycles. The number of carbonyl (C=O) groups excluding carboxylic acids is 1. The summed E-state index contributed by atoms with van der Waals surface area (Å²) in [6.07, 6.45) is 0. The van der Waals surface area contributed by atoms with Crippen molar-refractivity contribution in [3.8, 4) is 17.1 Å². The fourth-order valence-electron chi connectivity index (χ4n) is 3.29. The van der Waals surface area contributed by atoms with Gasteiger partial charge in [0.15, 0.2) is 5.82 Å². The van der Waals surface area contributed by atoms with Gasteiger partial charge in [-0.15, -0.1) is 5.10 Å². The molecule has 0 aliphatic rings. The van der Waals surface area contributed by atoms with Crippen LogP contribution in [0.4, 0.5) is 5.69 Å². The number of anilines is 1. The maximum atomic E-state index is 13.0. The molecule has 1 N–H and O–H groups in total. The lowest BCUT2D eigenvalue weighted by atomic mass is 10.1. The Balaban J connectivity index is 1.77. The zero-order valence-electron chi connectivity index (χ0n) is 17.6. The van der Waals surface area contributed by atoms with E-state index in [2.05, 4.69) is 15.4 Å². The first-order chi connectivity index (χ1) is 14.4. The van der Waals surface area contributed by atoms with Gasteiger partial charge in [-0.05, 0) is 62.6 Å². The van der Waals surface area contributed by atoms with Gasteiger partial charge >= 0.3 is 0 Å². The van der Waals surface area contributed by atoms with Gasteiger partial charge in [0, 0.05) is 11.3 Å². The van der Waals surface area contributed by atoms with Gasteiger partial charge in [-0.2, -0.15) is 0 Å². The van der Waals surface area contributed by atoms with E-state index in [1.54, 1.807) is 4.68 Å². The van der Waals surface area contributed by atoms with Crippen LogP contribution in [0.5, 0.6) is 0 Å². The molecule has 1 heterocycles. The molecule has 1 aromatic heterocycles. The Morgan fingerprint density at radius 2 is 1.53 bits per heavy atom. The van der Waals surface area contributed by atoms with Crippen LogP contribution < -0.4 is 5.32 Å². The van der Waals surface area contributed by atoms with Gasteiger partial charge in [-0.25, -0.2) is 9.67 Å². The van der Waals surface area contributed by atoms with Crippen molar-refractivity contribution in [3.63, 3.8) is 0 Å². The van der Waals surface area contributed by atoms with Crippen molar-refractivity contribution in [2.75, 3.05) is 5.32 Å². The second-order valence-corrected chi connectivity index (χ2v) is 7.65. The number of hydrogen-bond acceptors (Lipinski definition) is 3. The maximum Gasteiger partial charge on any atom is 0.295 e. The van der Waals surface area contributed by atoms with Crippen molar-refractivity contribution in [2.45, 2.75) is 27.7 Å². The zero-order valence-corrected chi connectivity index (χ0v) is 17.6. The van der Waals surface area contributed by atoms with Gasteiger partial charge in [0.25, 0.3) is 5.91 Å². The van der Waals surface area contributed by atoms with Crippen LogP contribution >= 0.6 is 0 Å². The third-order valence-corrected chi connectivity index (χ3v) is 5.01. The molecule has 0 aliphatic heterocycles. The van der Waals surface area contributed by atoms with Gasteiger partial charge in [-0.3, -0.25) is 4.79 Å². The van der Waals surface area contributed by atoms with E-state index in [4.69, 9.17) is 0 Å². The molecular formula is C25H24N4O. The number of aromatic nitrogens is 3. The lowest BCUT2D eigenvalue weighted by Crippen LogP contribution is -2.15. The van der Waals surface area contributed by atoms with Gasteiger partial charge in [0.2, 0.25) is 5.82 Å². The van der Waals surface area contributed by atoms with E-state index in [-0.39, 0.29) is 11.7 Å². The van der Waals surface area contributed by atoms with E-state index in [9.17, 15) is 4.79 Å². The summed E-state index contributed by atoms with van der Waals surface area (Å²) in [4.78, 5) is 17.6. The summed E-state index contributed by atoms with van der Waals surface area (Å²) < 4.78 is 1.73. The Morgan fingerprint density at radius 1 is 0.833 bits per heavy atom. The largest absolute Gasteiger partial charge is 0.319 e. The number of nitrogens with one attached hydrogen (secondary N) is 1. The van der Waals surface area contributed by atoms with E-state index in [1.165, 1.54) is 0 Å². The number of aryl methyl sites for hydroxylation is 4. The number of benzene rings is 3. The number of rotatable bonds is 4. The van der Waals surface area contributed by atoms with Crippen molar-refractivity contribution in [3.05, 3.63) is 94.8 Å². The standard InChI is InChI=1S/C25H24N4O/c1-16-9-12-20(13-10-16)24-27-23(28-29(24)21-7-5-6-17(2)14-21)25(30)26-22-15-18(3)8-11-19(22)4/h5-15H,1-4H3,(H,26,30). The molecule has 4 rings (SSSR count). The maximum absolute atomic E-state index is 13.0. The highest BCUT2D eigenvalue weighted by Gasteiger charge is 2.19. The lowest BCUT2D eigenvalue weighted by molar-refractivity contribution is 0.101. The van der Waals surface area contributed by atoms with E-state index >= 15 is 0 Å². The van der Waals surface area contributed by atoms with Gasteiger partial charge in [0.05, 0.1) is 5.69 Å². The summed E-state index contributed by atoms with van der Waals surface area (Å²) >= 11 is 0. The molecule has 0 saturated heterocycles. The van der Waals surface area contributed by atoms with Crippen LogP contribution in [0, 0.1) is 27.7 Å². The number of hydrogen-bond donors (Lipinski definition) is 1. The summed E-state index contributed by atoms with van der Waals surface area (Å²) in [5, 5.41) is 7.52. The highest BCUT2D eigenvalue weighted by atomic mass is 16.2. The van der Waals surface area contributed by atoms with E-state index < -0.39 is 0 Å². The fraction of sp³-hybridized carbons (Fsp3) is 0.160. The zero-order chi connectivity index (χ0) is 21.3. The van der Waals surface area contributed by atoms with Gasteiger partial charge < -0.3 is 5.32 Å². The van der Waals surface area contributed by atoms with Crippen molar-refractivity contribution in [2.24, 2.45) is 0 Å². The van der Waals surface area contributed by atoms with Crippen molar-refractivity contribution < 1.29 is 4.79 Å². The Morgan fingerprint density at radius 3 is 2.27 bits per heavy atom. The molecule has 5 nitrogen and oxygen atoms in total. The molecule has 3 aromatic carbocycles. The van der Waals surface area contributed by atoms with Crippen LogP contribution in [0.25, 0.3) is 17.1 Å². The van der Waals surface area contributed by atoms with Crippen LogP contribution in [0.1, 0.15) is 32.9 Å². The molecule has 30 heavy (non-hydrogen) atoms. The molecule has 0 spiro atoms. The average molecular weight is 396 g/mol. The number of nitrogens with zero attached hydrogens (tertiary/aromatic N) is 3. The molecule has 5 heteroatoms. The second kappa shape index (κ2) is 7.95. The molecule has 0 fully saturated rings. The topological polar surface area (TPSA) is 59.8 Å². The van der Waals surface area contributed by atoms with Crippen molar-refractivity contribution >= 4 is 11.6 Å². The van der Waals surface area contributed by atoms with Crippen molar-refractivity contribution in [1.29, 1.82) is 0 Å². The molecule has 0 aliphatic carbocycles. The van der Waals surface area contributed by atoms with Gasteiger partial charge in [0.1, 0.15) is 0 Å². The average Bonchev–Trinajstić information content (AvgIpc) is 3.17. The summed E-state index contributed by atoms with van der Waals surface area (Å²) in [7, 11) is 0. The van der Waals surface area contributed by atoms with Crippen LogP contribution in [0.15, 0.2) is 66.7 Å². The SMILES string of the molecule is Cc1ccc(-c2nc(C(=O)Nc3cc(C)ccc3C)nn2-c2cccc(C)c2)cc1. The number of carbonyl (C=O) groups is 1. The predicted octanol–water partition coefficient (Wildman–Crippen LogP) is 5.42. The monoisotopic (exact) mass is 396 g/mol. The minimum atomic E-state index is -0.330. The van der Waals surface area contributed by atoms with Crippen LogP contribution in [0.3, 0.4) is 0 Å². The molecule has 0 bridgehead atoms. The molecule has 0 unspecified atom stereocenters. The smallest absolute Gasteiger partial charge is 0.295 e. The Bertz CT molecular complexity index is 1220. The van der Waals surface area contributed by atoms with E-state index in [0.717, 1.165) is 39.2 Å². The highest BCUT2D eigenvalue weighted by molar-refractivity contribution is 6.02. The summed E-state index contributed by atoms with van der Waals surface area (Å²) in [6, 6.07) is 22.0. The summed E-state index contributed by atoms with van der Waals surface area (Å²) in [6.45, 7) is 8.03.